The maximum Gasteiger partial charge on any atom is 0.161 e. The van der Waals surface area contributed by atoms with Gasteiger partial charge in [0.25, 0.3) is 0 Å². The van der Waals surface area contributed by atoms with Crippen molar-refractivity contribution in [1.82, 2.24) is 0 Å². The van der Waals surface area contributed by atoms with E-state index in [0.29, 0.717) is 11.3 Å². The van der Waals surface area contributed by atoms with Crippen LogP contribution in [0.2, 0.25) is 0 Å². The molecule has 0 aliphatic carbocycles. The molecule has 0 aromatic heterocycles. The van der Waals surface area contributed by atoms with Gasteiger partial charge in [0.1, 0.15) is 6.07 Å². The predicted molar refractivity (Wildman–Crippen MR) is 66.8 cm³/mol. The number of hydrogen-bond acceptors (Lipinski definition) is 2. The second-order valence-corrected chi connectivity index (χ2v) is 4.53. The standard InChI is InChI=1S/C12H14BrFN2/c1-3-4-8(2)16-10-6-5-9(7-15)11(13)12(10)14/h5-6,8,16H,3-4H2,1-2H3. The SMILES string of the molecule is CCCC(C)Nc1ccc(C#N)c(Br)c1F. The van der Waals surface area contributed by atoms with Crippen LogP contribution in [0.4, 0.5) is 10.1 Å². The van der Waals surface area contributed by atoms with Crippen LogP contribution in [-0.2, 0) is 0 Å². The number of rotatable bonds is 4. The summed E-state index contributed by atoms with van der Waals surface area (Å²) in [6.45, 7) is 4.10. The van der Waals surface area contributed by atoms with Gasteiger partial charge in [-0.3, -0.25) is 0 Å². The lowest BCUT2D eigenvalue weighted by Gasteiger charge is -2.15. The van der Waals surface area contributed by atoms with E-state index in [-0.39, 0.29) is 10.5 Å². The monoisotopic (exact) mass is 284 g/mol. The second kappa shape index (κ2) is 5.86. The first-order valence-corrected chi connectivity index (χ1v) is 6.04. The molecule has 1 rings (SSSR count). The second-order valence-electron chi connectivity index (χ2n) is 3.73. The molecule has 0 aliphatic heterocycles. The molecule has 0 heterocycles. The van der Waals surface area contributed by atoms with Gasteiger partial charge < -0.3 is 5.32 Å². The molecule has 0 spiro atoms. The fraction of sp³-hybridized carbons (Fsp3) is 0.417. The molecular weight excluding hydrogens is 271 g/mol. The Hall–Kier alpha value is -1.08. The van der Waals surface area contributed by atoms with Crippen molar-refractivity contribution < 1.29 is 4.39 Å². The van der Waals surface area contributed by atoms with E-state index >= 15 is 0 Å². The summed E-state index contributed by atoms with van der Waals surface area (Å²) in [6.07, 6.45) is 2.03. The molecule has 4 heteroatoms. The van der Waals surface area contributed by atoms with E-state index in [0.717, 1.165) is 12.8 Å². The van der Waals surface area contributed by atoms with Crippen LogP contribution in [0, 0.1) is 17.1 Å². The van der Waals surface area contributed by atoms with Crippen LogP contribution in [0.15, 0.2) is 16.6 Å². The Morgan fingerprint density at radius 2 is 2.25 bits per heavy atom. The first kappa shape index (κ1) is 13.0. The molecular formula is C12H14BrFN2. The Bertz CT molecular complexity index is 412. The summed E-state index contributed by atoms with van der Waals surface area (Å²) in [5, 5.41) is 11.8. The minimum atomic E-state index is -0.401. The van der Waals surface area contributed by atoms with Crippen molar-refractivity contribution in [2.75, 3.05) is 5.32 Å². The summed E-state index contributed by atoms with van der Waals surface area (Å²) in [4.78, 5) is 0. The smallest absolute Gasteiger partial charge is 0.161 e. The minimum absolute atomic E-state index is 0.222. The summed E-state index contributed by atoms with van der Waals surface area (Å²) in [5.74, 6) is -0.401. The van der Waals surface area contributed by atoms with Gasteiger partial charge in [-0.25, -0.2) is 4.39 Å². The lowest BCUT2D eigenvalue weighted by atomic mass is 10.1. The zero-order valence-electron chi connectivity index (χ0n) is 9.35. The van der Waals surface area contributed by atoms with E-state index in [1.54, 1.807) is 12.1 Å². The van der Waals surface area contributed by atoms with Gasteiger partial charge >= 0.3 is 0 Å². The zero-order chi connectivity index (χ0) is 12.1. The first-order valence-electron chi connectivity index (χ1n) is 5.24. The van der Waals surface area contributed by atoms with Crippen LogP contribution < -0.4 is 5.32 Å². The topological polar surface area (TPSA) is 35.8 Å². The van der Waals surface area contributed by atoms with Gasteiger partial charge in [0.15, 0.2) is 5.82 Å². The lowest BCUT2D eigenvalue weighted by molar-refractivity contribution is 0.614. The van der Waals surface area contributed by atoms with Crippen LogP contribution in [0.3, 0.4) is 0 Å². The van der Waals surface area contributed by atoms with Crippen molar-refractivity contribution in [3.05, 3.63) is 28.0 Å². The number of anilines is 1. The molecule has 1 aromatic rings. The number of nitrogens with one attached hydrogen (secondary N) is 1. The molecule has 1 unspecified atom stereocenters. The zero-order valence-corrected chi connectivity index (χ0v) is 10.9. The first-order chi connectivity index (χ1) is 7.60. The molecule has 0 fully saturated rings. The van der Waals surface area contributed by atoms with Crippen LogP contribution >= 0.6 is 15.9 Å². The average Bonchev–Trinajstić information content (AvgIpc) is 2.25. The van der Waals surface area contributed by atoms with Crippen LogP contribution in [0.1, 0.15) is 32.3 Å². The fourth-order valence-electron chi connectivity index (χ4n) is 1.52. The van der Waals surface area contributed by atoms with Crippen LogP contribution in [0.5, 0.6) is 0 Å². The van der Waals surface area contributed by atoms with Crippen LogP contribution in [0.25, 0.3) is 0 Å². The molecule has 86 valence electrons. The number of nitriles is 1. The van der Waals surface area contributed by atoms with Gasteiger partial charge in [-0.2, -0.15) is 5.26 Å². The quantitative estimate of drug-likeness (QED) is 0.905. The largest absolute Gasteiger partial charge is 0.380 e. The van der Waals surface area contributed by atoms with Crippen molar-refractivity contribution in [3.8, 4) is 6.07 Å². The number of benzene rings is 1. The lowest BCUT2D eigenvalue weighted by Crippen LogP contribution is -2.15. The minimum Gasteiger partial charge on any atom is -0.380 e. The molecule has 1 N–H and O–H groups in total. The third-order valence-electron chi connectivity index (χ3n) is 2.33. The molecule has 1 atom stereocenters. The van der Waals surface area contributed by atoms with E-state index in [2.05, 4.69) is 28.2 Å². The molecule has 0 radical (unpaired) electrons. The molecule has 16 heavy (non-hydrogen) atoms. The molecule has 0 saturated carbocycles. The highest BCUT2D eigenvalue weighted by Crippen LogP contribution is 2.27. The maximum atomic E-state index is 13.8. The van der Waals surface area contributed by atoms with E-state index in [9.17, 15) is 4.39 Å². The number of nitrogens with zero attached hydrogens (tertiary/aromatic N) is 1. The Morgan fingerprint density at radius 1 is 1.56 bits per heavy atom. The van der Waals surface area contributed by atoms with Crippen molar-refractivity contribution in [1.29, 1.82) is 5.26 Å². The fourth-order valence-corrected chi connectivity index (χ4v) is 1.95. The summed E-state index contributed by atoms with van der Waals surface area (Å²) in [6, 6.07) is 5.36. The Balaban J connectivity index is 2.91. The third-order valence-corrected chi connectivity index (χ3v) is 3.10. The van der Waals surface area contributed by atoms with E-state index in [1.807, 2.05) is 13.0 Å². The van der Waals surface area contributed by atoms with Gasteiger partial charge in [-0.15, -0.1) is 0 Å². The highest BCUT2D eigenvalue weighted by Gasteiger charge is 2.12. The van der Waals surface area contributed by atoms with E-state index in [1.165, 1.54) is 0 Å². The maximum absolute atomic E-state index is 13.8. The Morgan fingerprint density at radius 3 is 2.81 bits per heavy atom. The van der Waals surface area contributed by atoms with Gasteiger partial charge in [0.05, 0.1) is 15.7 Å². The van der Waals surface area contributed by atoms with E-state index in [4.69, 9.17) is 5.26 Å². The molecule has 2 nitrogen and oxygen atoms in total. The molecule has 1 aromatic carbocycles. The average molecular weight is 285 g/mol. The van der Waals surface area contributed by atoms with Crippen molar-refractivity contribution in [2.24, 2.45) is 0 Å². The summed E-state index contributed by atoms with van der Waals surface area (Å²) >= 11 is 3.08. The van der Waals surface area contributed by atoms with Crippen molar-refractivity contribution in [3.63, 3.8) is 0 Å². The van der Waals surface area contributed by atoms with Gasteiger partial charge in [0.2, 0.25) is 0 Å². The van der Waals surface area contributed by atoms with Crippen LogP contribution in [-0.4, -0.2) is 6.04 Å². The third kappa shape index (κ3) is 2.96. The number of halogens is 2. The molecule has 0 amide bonds. The highest BCUT2D eigenvalue weighted by atomic mass is 79.9. The van der Waals surface area contributed by atoms with Gasteiger partial charge in [-0.05, 0) is 41.4 Å². The van der Waals surface area contributed by atoms with E-state index < -0.39 is 5.82 Å². The van der Waals surface area contributed by atoms with Crippen molar-refractivity contribution >= 4 is 21.6 Å². The summed E-state index contributed by atoms with van der Waals surface area (Å²) in [7, 11) is 0. The Kier molecular flexibility index (Phi) is 4.75. The van der Waals surface area contributed by atoms with Crippen molar-refractivity contribution in [2.45, 2.75) is 32.7 Å². The molecule has 0 bridgehead atoms. The summed E-state index contributed by atoms with van der Waals surface area (Å²) in [5.41, 5.74) is 0.748. The highest BCUT2D eigenvalue weighted by molar-refractivity contribution is 9.10. The molecule has 0 aliphatic rings. The molecule has 0 saturated heterocycles. The van der Waals surface area contributed by atoms with Gasteiger partial charge in [-0.1, -0.05) is 13.3 Å². The predicted octanol–water partition coefficient (Wildman–Crippen LogP) is 4.06. The Labute approximate surface area is 104 Å². The van der Waals surface area contributed by atoms with Gasteiger partial charge in [0, 0.05) is 6.04 Å². The summed E-state index contributed by atoms with van der Waals surface area (Å²) < 4.78 is 14.0. The normalized spacial score (nSPS) is 11.9. The number of hydrogen-bond donors (Lipinski definition) is 1.